The van der Waals surface area contributed by atoms with E-state index in [9.17, 15) is 5.11 Å². The van der Waals surface area contributed by atoms with E-state index in [-0.39, 0.29) is 10.8 Å². The number of phenolic OH excluding ortho intramolecular Hbond substituents is 1. The standard InChI is InChI=1S/C17H30N2O/c1-16(2,3)13-9-12(11-19-8-7-18)15(20)14(10-13)17(4,5)6/h9-10,19-20H,7-8,11,18H2,1-6H3. The Kier molecular flexibility index (Phi) is 5.22. The fourth-order valence-electron chi connectivity index (χ4n) is 2.16. The van der Waals surface area contributed by atoms with Crippen LogP contribution in [0, 0.1) is 0 Å². The minimum atomic E-state index is -0.0754. The molecule has 0 unspecified atom stereocenters. The lowest BCUT2D eigenvalue weighted by Gasteiger charge is -2.27. The van der Waals surface area contributed by atoms with E-state index in [4.69, 9.17) is 5.73 Å². The van der Waals surface area contributed by atoms with Gasteiger partial charge in [0.05, 0.1) is 0 Å². The predicted octanol–water partition coefficient (Wildman–Crippen LogP) is 3.04. The molecule has 0 aliphatic rings. The fraction of sp³-hybridized carbons (Fsp3) is 0.647. The van der Waals surface area contributed by atoms with Gasteiger partial charge >= 0.3 is 0 Å². The van der Waals surface area contributed by atoms with Crippen molar-refractivity contribution in [2.24, 2.45) is 5.73 Å². The van der Waals surface area contributed by atoms with Crippen LogP contribution in [0.2, 0.25) is 0 Å². The van der Waals surface area contributed by atoms with E-state index in [0.717, 1.165) is 17.7 Å². The summed E-state index contributed by atoms with van der Waals surface area (Å²) >= 11 is 0. The van der Waals surface area contributed by atoms with Gasteiger partial charge in [-0.05, 0) is 22.0 Å². The lowest BCUT2D eigenvalue weighted by molar-refractivity contribution is 0.435. The zero-order valence-corrected chi connectivity index (χ0v) is 13.8. The van der Waals surface area contributed by atoms with Gasteiger partial charge < -0.3 is 16.2 Å². The third-order valence-electron chi connectivity index (χ3n) is 3.50. The molecule has 0 amide bonds. The van der Waals surface area contributed by atoms with Crippen molar-refractivity contribution in [3.63, 3.8) is 0 Å². The largest absolute Gasteiger partial charge is 0.507 e. The van der Waals surface area contributed by atoms with Crippen LogP contribution in [0.5, 0.6) is 5.75 Å². The molecule has 0 heterocycles. The summed E-state index contributed by atoms with van der Waals surface area (Å²) in [5.74, 6) is 0.412. The molecule has 3 heteroatoms. The maximum atomic E-state index is 10.5. The van der Waals surface area contributed by atoms with Crippen LogP contribution in [0.1, 0.15) is 58.2 Å². The van der Waals surface area contributed by atoms with Gasteiger partial charge in [-0.2, -0.15) is 0 Å². The number of hydrogen-bond donors (Lipinski definition) is 3. The second-order valence-corrected chi connectivity index (χ2v) is 7.50. The molecule has 0 saturated carbocycles. The van der Waals surface area contributed by atoms with Crippen LogP contribution in [0.15, 0.2) is 12.1 Å². The van der Waals surface area contributed by atoms with Crippen LogP contribution < -0.4 is 11.1 Å². The fourth-order valence-corrected chi connectivity index (χ4v) is 2.16. The highest BCUT2D eigenvalue weighted by Gasteiger charge is 2.24. The van der Waals surface area contributed by atoms with E-state index in [1.54, 1.807) is 0 Å². The Balaban J connectivity index is 3.28. The lowest BCUT2D eigenvalue weighted by atomic mass is 9.79. The Hall–Kier alpha value is -1.06. The van der Waals surface area contributed by atoms with E-state index in [1.807, 2.05) is 0 Å². The highest BCUT2D eigenvalue weighted by Crippen LogP contribution is 2.37. The Labute approximate surface area is 123 Å². The first-order chi connectivity index (χ1) is 9.07. The first kappa shape index (κ1) is 17.0. The number of nitrogens with one attached hydrogen (secondary N) is 1. The van der Waals surface area contributed by atoms with E-state index in [2.05, 4.69) is 59.0 Å². The molecular formula is C17H30N2O. The summed E-state index contributed by atoms with van der Waals surface area (Å²) in [6.45, 7) is 15.0. The molecular weight excluding hydrogens is 248 g/mol. The summed E-state index contributed by atoms with van der Waals surface area (Å²) in [4.78, 5) is 0. The van der Waals surface area contributed by atoms with Crippen molar-refractivity contribution in [3.8, 4) is 5.75 Å². The van der Waals surface area contributed by atoms with E-state index in [1.165, 1.54) is 5.56 Å². The monoisotopic (exact) mass is 278 g/mol. The minimum absolute atomic E-state index is 0.0658. The highest BCUT2D eigenvalue weighted by atomic mass is 16.3. The van der Waals surface area contributed by atoms with Gasteiger partial charge in [0.15, 0.2) is 0 Å². The Morgan fingerprint density at radius 1 is 1.05 bits per heavy atom. The summed E-state index contributed by atoms with van der Waals surface area (Å²) in [5.41, 5.74) is 8.71. The third-order valence-corrected chi connectivity index (χ3v) is 3.50. The van der Waals surface area contributed by atoms with Gasteiger partial charge in [-0.15, -0.1) is 0 Å². The number of aromatic hydroxyl groups is 1. The van der Waals surface area contributed by atoms with Crippen molar-refractivity contribution in [1.29, 1.82) is 0 Å². The van der Waals surface area contributed by atoms with E-state index >= 15 is 0 Å². The van der Waals surface area contributed by atoms with Crippen molar-refractivity contribution >= 4 is 0 Å². The molecule has 0 aliphatic heterocycles. The SMILES string of the molecule is CC(C)(C)c1cc(CNCCN)c(O)c(C(C)(C)C)c1. The molecule has 0 atom stereocenters. The van der Waals surface area contributed by atoms with Gasteiger partial charge in [-0.1, -0.05) is 53.7 Å². The van der Waals surface area contributed by atoms with Crippen LogP contribution in [0.25, 0.3) is 0 Å². The smallest absolute Gasteiger partial charge is 0.123 e. The van der Waals surface area contributed by atoms with Gasteiger partial charge in [0.2, 0.25) is 0 Å². The molecule has 0 radical (unpaired) electrons. The van der Waals surface area contributed by atoms with Crippen LogP contribution >= 0.6 is 0 Å². The van der Waals surface area contributed by atoms with Crippen molar-refractivity contribution < 1.29 is 5.11 Å². The number of benzene rings is 1. The molecule has 4 N–H and O–H groups in total. The molecule has 0 saturated heterocycles. The quantitative estimate of drug-likeness (QED) is 0.742. The van der Waals surface area contributed by atoms with E-state index < -0.39 is 0 Å². The average Bonchev–Trinajstić information content (AvgIpc) is 2.28. The zero-order valence-electron chi connectivity index (χ0n) is 13.8. The molecule has 1 rings (SSSR count). The van der Waals surface area contributed by atoms with Crippen LogP contribution in [-0.4, -0.2) is 18.2 Å². The predicted molar refractivity (Wildman–Crippen MR) is 86.3 cm³/mol. The van der Waals surface area contributed by atoms with Crippen LogP contribution in [-0.2, 0) is 17.4 Å². The summed E-state index contributed by atoms with van der Waals surface area (Å²) in [6.07, 6.45) is 0. The molecule has 0 spiro atoms. The maximum Gasteiger partial charge on any atom is 0.123 e. The van der Waals surface area contributed by atoms with Crippen LogP contribution in [0.3, 0.4) is 0 Å². The zero-order chi connectivity index (χ0) is 15.6. The summed E-state index contributed by atoms with van der Waals surface area (Å²) in [6, 6.07) is 4.25. The van der Waals surface area contributed by atoms with E-state index in [0.29, 0.717) is 18.8 Å². The Morgan fingerprint density at radius 3 is 2.10 bits per heavy atom. The second-order valence-electron chi connectivity index (χ2n) is 7.50. The molecule has 0 fully saturated rings. The van der Waals surface area contributed by atoms with Gasteiger partial charge in [-0.25, -0.2) is 0 Å². The Bertz CT molecular complexity index is 453. The van der Waals surface area contributed by atoms with Gasteiger partial charge in [0.25, 0.3) is 0 Å². The molecule has 114 valence electrons. The topological polar surface area (TPSA) is 58.3 Å². The summed E-state index contributed by atoms with van der Waals surface area (Å²) < 4.78 is 0. The van der Waals surface area contributed by atoms with Gasteiger partial charge in [0, 0.05) is 25.2 Å². The van der Waals surface area contributed by atoms with Crippen molar-refractivity contribution in [2.45, 2.75) is 58.9 Å². The minimum Gasteiger partial charge on any atom is -0.507 e. The number of hydrogen-bond acceptors (Lipinski definition) is 3. The van der Waals surface area contributed by atoms with Gasteiger partial charge in [0.1, 0.15) is 5.75 Å². The van der Waals surface area contributed by atoms with Crippen LogP contribution in [0.4, 0.5) is 0 Å². The molecule has 0 aromatic heterocycles. The number of phenols is 1. The number of nitrogens with two attached hydrogens (primary N) is 1. The maximum absolute atomic E-state index is 10.5. The molecule has 0 aliphatic carbocycles. The first-order valence-electron chi connectivity index (χ1n) is 7.35. The molecule has 20 heavy (non-hydrogen) atoms. The molecule has 1 aromatic carbocycles. The molecule has 1 aromatic rings. The van der Waals surface area contributed by atoms with Crippen molar-refractivity contribution in [3.05, 3.63) is 28.8 Å². The van der Waals surface area contributed by atoms with Gasteiger partial charge in [-0.3, -0.25) is 0 Å². The molecule has 3 nitrogen and oxygen atoms in total. The van der Waals surface area contributed by atoms with Crippen molar-refractivity contribution in [2.75, 3.05) is 13.1 Å². The summed E-state index contributed by atoms with van der Waals surface area (Å²) in [7, 11) is 0. The second kappa shape index (κ2) is 6.15. The highest BCUT2D eigenvalue weighted by molar-refractivity contribution is 5.48. The average molecular weight is 278 g/mol. The van der Waals surface area contributed by atoms with Crippen molar-refractivity contribution in [1.82, 2.24) is 5.32 Å². The molecule has 0 bridgehead atoms. The Morgan fingerprint density at radius 2 is 1.65 bits per heavy atom. The number of rotatable bonds is 4. The first-order valence-corrected chi connectivity index (χ1v) is 7.35. The third kappa shape index (κ3) is 4.22. The normalized spacial score (nSPS) is 12.8. The summed E-state index contributed by atoms with van der Waals surface area (Å²) in [5, 5.41) is 13.8. The lowest BCUT2D eigenvalue weighted by Crippen LogP contribution is -2.23.